The van der Waals surface area contributed by atoms with Gasteiger partial charge in [0.15, 0.2) is 5.82 Å². The Balaban J connectivity index is 1.45. The molecule has 4 heterocycles. The number of benzene rings is 1. The number of fused-ring (bicyclic) bond motifs is 1. The molecule has 34 heavy (non-hydrogen) atoms. The van der Waals surface area contributed by atoms with Crippen molar-refractivity contribution in [2.45, 2.75) is 38.6 Å². The molecule has 6 rings (SSSR count). The maximum absolute atomic E-state index is 13.5. The van der Waals surface area contributed by atoms with Crippen LogP contribution in [-0.2, 0) is 0 Å². The first kappa shape index (κ1) is 20.8. The van der Waals surface area contributed by atoms with Gasteiger partial charge in [-0.3, -0.25) is 9.36 Å². The number of imidazole rings is 2. The lowest BCUT2D eigenvalue weighted by molar-refractivity contribution is 0.605. The Morgan fingerprint density at radius 1 is 1.09 bits per heavy atom. The molecule has 0 radical (unpaired) electrons. The summed E-state index contributed by atoms with van der Waals surface area (Å²) >= 11 is 6.55. The van der Waals surface area contributed by atoms with Crippen LogP contribution in [0.4, 0.5) is 0 Å². The number of nitrogens with zero attached hydrogens (tertiary/aromatic N) is 7. The van der Waals surface area contributed by atoms with Crippen molar-refractivity contribution in [3.05, 3.63) is 82.6 Å². The molecule has 0 N–H and O–H groups in total. The lowest BCUT2D eigenvalue weighted by Crippen LogP contribution is -2.20. The van der Waals surface area contributed by atoms with Crippen LogP contribution >= 0.6 is 11.6 Å². The summed E-state index contributed by atoms with van der Waals surface area (Å²) < 4.78 is 5.37. The Hall–Kier alpha value is -3.78. The summed E-state index contributed by atoms with van der Waals surface area (Å²) in [6.45, 7) is 4.17. The third-order valence-electron chi connectivity index (χ3n) is 6.14. The Kier molecular flexibility index (Phi) is 4.84. The predicted octanol–water partition coefficient (Wildman–Crippen LogP) is 4.94. The average Bonchev–Trinajstić information content (AvgIpc) is 3.35. The molecular formula is C25H22ClN7O. The van der Waals surface area contributed by atoms with E-state index in [0.29, 0.717) is 39.0 Å². The van der Waals surface area contributed by atoms with Gasteiger partial charge in [-0.25, -0.2) is 19.9 Å². The lowest BCUT2D eigenvalue weighted by Gasteiger charge is -2.12. The zero-order chi connectivity index (χ0) is 23.4. The van der Waals surface area contributed by atoms with Crippen LogP contribution in [0.1, 0.15) is 44.3 Å². The van der Waals surface area contributed by atoms with Gasteiger partial charge in [-0.05, 0) is 51.0 Å². The standard InChI is InChI=1S/C25H22ClN7O/c1-15(2)32-9-8-27-24(32)19-4-3-5-23(30-19)33-14-29-20-11-18(26)22(10-17(20)25(33)34)31-12-21(28-13-31)16-6-7-16/h3-5,8-16H,6-7H2,1-2H3. The van der Waals surface area contributed by atoms with Crippen LogP contribution in [-0.4, -0.2) is 33.6 Å². The average molecular weight is 472 g/mol. The smallest absolute Gasteiger partial charge is 0.267 e. The number of halogens is 1. The number of hydrogen-bond donors (Lipinski definition) is 0. The van der Waals surface area contributed by atoms with Crippen LogP contribution in [0.15, 0.2) is 66.4 Å². The van der Waals surface area contributed by atoms with Crippen LogP contribution in [0.2, 0.25) is 5.02 Å². The molecule has 9 heteroatoms. The van der Waals surface area contributed by atoms with Gasteiger partial charge >= 0.3 is 0 Å². The van der Waals surface area contributed by atoms with Gasteiger partial charge in [-0.2, -0.15) is 0 Å². The van der Waals surface area contributed by atoms with Crippen molar-refractivity contribution in [1.82, 2.24) is 33.6 Å². The highest BCUT2D eigenvalue weighted by atomic mass is 35.5. The minimum absolute atomic E-state index is 0.220. The summed E-state index contributed by atoms with van der Waals surface area (Å²) in [6.07, 6.45) is 11.2. The number of pyridine rings is 1. The molecule has 0 bridgehead atoms. The van der Waals surface area contributed by atoms with Gasteiger partial charge in [0.25, 0.3) is 5.56 Å². The molecule has 1 fully saturated rings. The van der Waals surface area contributed by atoms with E-state index in [4.69, 9.17) is 16.6 Å². The molecule has 0 amide bonds. The highest BCUT2D eigenvalue weighted by molar-refractivity contribution is 6.33. The second-order valence-corrected chi connectivity index (χ2v) is 9.26. The molecule has 0 atom stereocenters. The molecule has 1 aliphatic carbocycles. The van der Waals surface area contributed by atoms with Crippen molar-refractivity contribution < 1.29 is 0 Å². The summed E-state index contributed by atoms with van der Waals surface area (Å²) in [5, 5.41) is 0.969. The fourth-order valence-corrected chi connectivity index (χ4v) is 4.42. The van der Waals surface area contributed by atoms with Crippen molar-refractivity contribution in [3.63, 3.8) is 0 Å². The second-order valence-electron chi connectivity index (χ2n) is 8.85. The molecule has 4 aromatic heterocycles. The summed E-state index contributed by atoms with van der Waals surface area (Å²) in [6, 6.07) is 9.27. The quantitative estimate of drug-likeness (QED) is 0.362. The van der Waals surface area contributed by atoms with E-state index in [1.54, 1.807) is 30.7 Å². The topological polar surface area (TPSA) is 83.4 Å². The second kappa shape index (κ2) is 7.92. The van der Waals surface area contributed by atoms with E-state index in [2.05, 4.69) is 28.8 Å². The maximum Gasteiger partial charge on any atom is 0.267 e. The molecule has 1 aliphatic rings. The van der Waals surface area contributed by atoms with Gasteiger partial charge in [0.05, 0.1) is 33.6 Å². The van der Waals surface area contributed by atoms with Gasteiger partial charge in [-0.1, -0.05) is 17.7 Å². The fourth-order valence-electron chi connectivity index (χ4n) is 4.16. The molecule has 0 aliphatic heterocycles. The van der Waals surface area contributed by atoms with E-state index in [0.717, 1.165) is 11.5 Å². The zero-order valence-electron chi connectivity index (χ0n) is 18.8. The van der Waals surface area contributed by atoms with Gasteiger partial charge in [0.2, 0.25) is 0 Å². The Labute approximate surface area is 200 Å². The monoisotopic (exact) mass is 471 g/mol. The summed E-state index contributed by atoms with van der Waals surface area (Å²) in [7, 11) is 0. The summed E-state index contributed by atoms with van der Waals surface area (Å²) in [5.41, 5.74) is 2.75. The minimum atomic E-state index is -0.220. The van der Waals surface area contributed by atoms with Crippen LogP contribution in [0.5, 0.6) is 0 Å². The zero-order valence-corrected chi connectivity index (χ0v) is 19.5. The van der Waals surface area contributed by atoms with Crippen molar-refractivity contribution in [3.8, 4) is 23.0 Å². The molecule has 1 aromatic carbocycles. The van der Waals surface area contributed by atoms with E-state index in [-0.39, 0.29) is 11.6 Å². The first-order chi connectivity index (χ1) is 16.5. The summed E-state index contributed by atoms with van der Waals surface area (Å²) in [4.78, 5) is 31.7. The first-order valence-electron chi connectivity index (χ1n) is 11.3. The minimum Gasteiger partial charge on any atom is -0.327 e. The highest BCUT2D eigenvalue weighted by Gasteiger charge is 2.26. The van der Waals surface area contributed by atoms with E-state index in [9.17, 15) is 4.79 Å². The molecule has 8 nitrogen and oxygen atoms in total. The molecule has 1 saturated carbocycles. The highest BCUT2D eigenvalue weighted by Crippen LogP contribution is 2.39. The van der Waals surface area contributed by atoms with Crippen molar-refractivity contribution in [2.24, 2.45) is 0 Å². The molecule has 0 saturated heterocycles. The number of hydrogen-bond acceptors (Lipinski definition) is 5. The fraction of sp³-hybridized carbons (Fsp3) is 0.240. The largest absolute Gasteiger partial charge is 0.327 e. The Bertz CT molecular complexity index is 1590. The van der Waals surface area contributed by atoms with E-state index in [1.807, 2.05) is 33.7 Å². The van der Waals surface area contributed by atoms with E-state index in [1.165, 1.54) is 23.7 Å². The van der Waals surface area contributed by atoms with Crippen molar-refractivity contribution in [2.75, 3.05) is 0 Å². The summed E-state index contributed by atoms with van der Waals surface area (Å²) in [5.74, 6) is 1.76. The van der Waals surface area contributed by atoms with Gasteiger partial charge < -0.3 is 9.13 Å². The van der Waals surface area contributed by atoms with Gasteiger partial charge in [-0.15, -0.1) is 0 Å². The Morgan fingerprint density at radius 2 is 1.94 bits per heavy atom. The van der Waals surface area contributed by atoms with Crippen LogP contribution < -0.4 is 5.56 Å². The van der Waals surface area contributed by atoms with Crippen molar-refractivity contribution in [1.29, 1.82) is 0 Å². The van der Waals surface area contributed by atoms with Crippen LogP contribution in [0.3, 0.4) is 0 Å². The van der Waals surface area contributed by atoms with Crippen LogP contribution in [0.25, 0.3) is 33.9 Å². The third kappa shape index (κ3) is 3.51. The normalized spacial score (nSPS) is 13.8. The number of aromatic nitrogens is 7. The molecule has 0 unspecified atom stereocenters. The van der Waals surface area contributed by atoms with Crippen molar-refractivity contribution >= 4 is 22.5 Å². The molecule has 5 aromatic rings. The van der Waals surface area contributed by atoms with Gasteiger partial charge in [0.1, 0.15) is 17.8 Å². The van der Waals surface area contributed by atoms with E-state index >= 15 is 0 Å². The SMILES string of the molecule is CC(C)n1ccnc1-c1cccc(-n2cnc3cc(Cl)c(-n4cnc(C5CC5)c4)cc3c2=O)n1. The first-order valence-corrected chi connectivity index (χ1v) is 11.6. The van der Waals surface area contributed by atoms with Gasteiger partial charge in [0, 0.05) is 30.6 Å². The lowest BCUT2D eigenvalue weighted by atomic mass is 10.2. The Morgan fingerprint density at radius 3 is 2.74 bits per heavy atom. The third-order valence-corrected chi connectivity index (χ3v) is 6.44. The molecule has 170 valence electrons. The van der Waals surface area contributed by atoms with Crippen LogP contribution in [0, 0.1) is 0 Å². The number of rotatable bonds is 5. The molecular weight excluding hydrogens is 450 g/mol. The molecule has 0 spiro atoms. The predicted molar refractivity (Wildman–Crippen MR) is 131 cm³/mol. The van der Waals surface area contributed by atoms with E-state index < -0.39 is 0 Å². The maximum atomic E-state index is 13.5.